The van der Waals surface area contributed by atoms with Gasteiger partial charge in [-0.3, -0.25) is 4.99 Å². The van der Waals surface area contributed by atoms with E-state index in [1.807, 2.05) is 6.92 Å². The van der Waals surface area contributed by atoms with E-state index in [0.29, 0.717) is 28.3 Å². The van der Waals surface area contributed by atoms with Gasteiger partial charge < -0.3 is 5.11 Å². The van der Waals surface area contributed by atoms with Gasteiger partial charge in [-0.05, 0) is 51.3 Å². The third-order valence-corrected chi connectivity index (χ3v) is 4.88. The van der Waals surface area contributed by atoms with E-state index in [2.05, 4.69) is 9.98 Å². The number of aliphatic hydroxyl groups is 1. The zero-order chi connectivity index (χ0) is 19.7. The molecule has 0 aliphatic carbocycles. The molecule has 0 aliphatic heterocycles. The van der Waals surface area contributed by atoms with Gasteiger partial charge in [-0.1, -0.05) is 13.3 Å². The maximum Gasteiger partial charge on any atom is 0.418 e. The monoisotopic (exact) mass is 384 g/mol. The molecule has 1 N–H and O–H groups in total. The molecule has 3 nitrogen and oxygen atoms in total. The van der Waals surface area contributed by atoms with Crippen molar-refractivity contribution < 1.29 is 18.3 Å². The first-order valence-electron chi connectivity index (χ1n) is 8.38. The third kappa shape index (κ3) is 4.32. The van der Waals surface area contributed by atoms with Crippen LogP contribution >= 0.6 is 11.3 Å². The molecule has 0 bridgehead atoms. The number of hydrogen-bond acceptors (Lipinski definition) is 4. The number of alkyl halides is 3. The third-order valence-electron chi connectivity index (χ3n) is 4.07. The Bertz CT molecular complexity index is 804. The van der Waals surface area contributed by atoms with Gasteiger partial charge in [0, 0.05) is 22.9 Å². The van der Waals surface area contributed by atoms with Gasteiger partial charge in [-0.25, -0.2) is 4.98 Å². The number of hydrogen-bond donors (Lipinski definition) is 1. The molecule has 0 aliphatic rings. The summed E-state index contributed by atoms with van der Waals surface area (Å²) in [5.41, 5.74) is -1.27. The van der Waals surface area contributed by atoms with Crippen molar-refractivity contribution in [3.63, 3.8) is 0 Å². The molecule has 0 saturated heterocycles. The Morgan fingerprint density at radius 3 is 2.42 bits per heavy atom. The van der Waals surface area contributed by atoms with E-state index in [4.69, 9.17) is 0 Å². The molecule has 0 unspecified atom stereocenters. The Labute approximate surface area is 155 Å². The van der Waals surface area contributed by atoms with E-state index in [-0.39, 0.29) is 11.3 Å². The van der Waals surface area contributed by atoms with Gasteiger partial charge in [0.1, 0.15) is 5.01 Å². The summed E-state index contributed by atoms with van der Waals surface area (Å²) in [6, 6.07) is 1.39. The Hall–Kier alpha value is -1.73. The molecule has 1 aromatic carbocycles. The van der Waals surface area contributed by atoms with Gasteiger partial charge in [-0.2, -0.15) is 13.2 Å². The summed E-state index contributed by atoms with van der Waals surface area (Å²) < 4.78 is 41.8. The highest BCUT2D eigenvalue weighted by Crippen LogP contribution is 2.47. The fraction of sp³-hybridized carbons (Fsp3) is 0.474. The van der Waals surface area contributed by atoms with Crippen molar-refractivity contribution in [2.24, 2.45) is 4.99 Å². The maximum atomic E-state index is 13.9. The highest BCUT2D eigenvalue weighted by atomic mass is 32.1. The molecule has 0 atom stereocenters. The van der Waals surface area contributed by atoms with Crippen molar-refractivity contribution in [2.45, 2.75) is 59.2 Å². The second-order valence-electron chi connectivity index (χ2n) is 6.81. The predicted molar refractivity (Wildman–Crippen MR) is 100 cm³/mol. The summed E-state index contributed by atoms with van der Waals surface area (Å²) in [6.07, 6.45) is -1.63. The lowest BCUT2D eigenvalue weighted by atomic mass is 9.87. The number of thiazole rings is 1. The number of rotatable bonds is 5. The van der Waals surface area contributed by atoms with Crippen LogP contribution in [0.5, 0.6) is 0 Å². The standard InChI is InChI=1S/C19H23F3N2OS/c1-6-7-11(2)24-16-12(3)13(17-23-8-9-26-17)10-14(18(4,5)25)15(16)19(20,21)22/h8-10,25H,6-7H2,1-5H3/b24-11-. The molecule has 2 aromatic rings. The van der Waals surface area contributed by atoms with E-state index < -0.39 is 17.3 Å². The molecule has 0 fully saturated rings. The molecule has 0 amide bonds. The van der Waals surface area contributed by atoms with Crippen LogP contribution in [0.4, 0.5) is 18.9 Å². The smallest absolute Gasteiger partial charge is 0.386 e. The Morgan fingerprint density at radius 2 is 1.96 bits per heavy atom. The van der Waals surface area contributed by atoms with E-state index in [1.54, 1.807) is 25.4 Å². The van der Waals surface area contributed by atoms with E-state index in [0.717, 1.165) is 6.42 Å². The maximum absolute atomic E-state index is 13.9. The minimum absolute atomic E-state index is 0.131. The largest absolute Gasteiger partial charge is 0.418 e. The molecule has 142 valence electrons. The number of nitrogens with zero attached hydrogens (tertiary/aromatic N) is 2. The molecule has 1 heterocycles. The van der Waals surface area contributed by atoms with Crippen LogP contribution in [0.3, 0.4) is 0 Å². The lowest BCUT2D eigenvalue weighted by molar-refractivity contribution is -0.139. The highest BCUT2D eigenvalue weighted by molar-refractivity contribution is 7.13. The van der Waals surface area contributed by atoms with Crippen LogP contribution in [0.25, 0.3) is 10.6 Å². The SMILES string of the molecule is CCC/C(C)=N\c1c(C)c(-c2nccs2)cc(C(C)(C)O)c1C(F)(F)F. The lowest BCUT2D eigenvalue weighted by Crippen LogP contribution is -2.23. The van der Waals surface area contributed by atoms with Crippen molar-refractivity contribution in [1.29, 1.82) is 0 Å². The van der Waals surface area contributed by atoms with Gasteiger partial charge in [0.2, 0.25) is 0 Å². The van der Waals surface area contributed by atoms with E-state index in [1.165, 1.54) is 31.3 Å². The minimum atomic E-state index is -4.63. The number of benzene rings is 1. The second kappa shape index (κ2) is 7.48. The van der Waals surface area contributed by atoms with Gasteiger partial charge in [0.15, 0.2) is 0 Å². The summed E-state index contributed by atoms with van der Waals surface area (Å²) >= 11 is 1.34. The Morgan fingerprint density at radius 1 is 1.31 bits per heavy atom. The quantitative estimate of drug-likeness (QED) is 0.619. The van der Waals surface area contributed by atoms with Crippen LogP contribution in [0.15, 0.2) is 22.6 Å². The molecule has 7 heteroatoms. The zero-order valence-corrected chi connectivity index (χ0v) is 16.3. The van der Waals surface area contributed by atoms with E-state index >= 15 is 0 Å². The van der Waals surface area contributed by atoms with Crippen LogP contribution < -0.4 is 0 Å². The van der Waals surface area contributed by atoms with Crippen LogP contribution in [-0.4, -0.2) is 15.8 Å². The van der Waals surface area contributed by atoms with Gasteiger partial charge in [0.25, 0.3) is 0 Å². The van der Waals surface area contributed by atoms with Crippen LogP contribution in [0, 0.1) is 6.92 Å². The summed E-state index contributed by atoms with van der Waals surface area (Å²) in [5, 5.41) is 12.8. The van der Waals surface area contributed by atoms with Crippen molar-refractivity contribution >= 4 is 22.7 Å². The second-order valence-corrected chi connectivity index (χ2v) is 7.71. The summed E-state index contributed by atoms with van der Waals surface area (Å²) in [4.78, 5) is 8.55. The number of aliphatic imine (C=N–C) groups is 1. The minimum Gasteiger partial charge on any atom is -0.386 e. The fourth-order valence-corrected chi connectivity index (χ4v) is 3.58. The van der Waals surface area contributed by atoms with Crippen molar-refractivity contribution in [1.82, 2.24) is 4.98 Å². The highest BCUT2D eigenvalue weighted by Gasteiger charge is 2.41. The Balaban J connectivity index is 2.93. The zero-order valence-electron chi connectivity index (χ0n) is 15.5. The molecular formula is C19H23F3N2OS. The van der Waals surface area contributed by atoms with Crippen molar-refractivity contribution in [3.05, 3.63) is 34.3 Å². The molecule has 1 aromatic heterocycles. The molecular weight excluding hydrogens is 361 g/mol. The molecule has 0 saturated carbocycles. The average Bonchev–Trinajstić information content (AvgIpc) is 3.00. The van der Waals surface area contributed by atoms with Crippen molar-refractivity contribution in [2.75, 3.05) is 0 Å². The first-order valence-corrected chi connectivity index (χ1v) is 9.26. The van der Waals surface area contributed by atoms with Gasteiger partial charge >= 0.3 is 6.18 Å². The van der Waals surface area contributed by atoms with E-state index in [9.17, 15) is 18.3 Å². The summed E-state index contributed by atoms with van der Waals surface area (Å²) in [6.45, 7) is 8.00. The average molecular weight is 384 g/mol. The van der Waals surface area contributed by atoms with Gasteiger partial charge in [0.05, 0.1) is 16.9 Å². The summed E-state index contributed by atoms with van der Waals surface area (Å²) in [7, 11) is 0. The number of halogens is 3. The van der Waals surface area contributed by atoms with Gasteiger partial charge in [-0.15, -0.1) is 11.3 Å². The van der Waals surface area contributed by atoms with Crippen LogP contribution in [-0.2, 0) is 11.8 Å². The van der Waals surface area contributed by atoms with Crippen LogP contribution in [0.1, 0.15) is 57.2 Å². The Kier molecular flexibility index (Phi) is 5.92. The molecule has 2 rings (SSSR count). The molecule has 26 heavy (non-hydrogen) atoms. The first-order chi connectivity index (χ1) is 12.0. The predicted octanol–water partition coefficient (Wildman–Crippen LogP) is 6.26. The normalized spacial score (nSPS) is 13.3. The van der Waals surface area contributed by atoms with Crippen molar-refractivity contribution in [3.8, 4) is 10.6 Å². The lowest BCUT2D eigenvalue weighted by Gasteiger charge is -2.26. The fourth-order valence-electron chi connectivity index (χ4n) is 2.86. The topological polar surface area (TPSA) is 45.5 Å². The molecule has 0 spiro atoms. The summed E-state index contributed by atoms with van der Waals surface area (Å²) in [5.74, 6) is 0. The molecule has 0 radical (unpaired) electrons. The first kappa shape index (κ1) is 20.6. The van der Waals surface area contributed by atoms with Crippen LogP contribution in [0.2, 0.25) is 0 Å². The number of aromatic nitrogens is 1.